The van der Waals surface area contributed by atoms with Gasteiger partial charge in [0.25, 0.3) is 0 Å². The van der Waals surface area contributed by atoms with Crippen molar-refractivity contribution in [3.63, 3.8) is 0 Å². The number of benzene rings is 2. The van der Waals surface area contributed by atoms with Crippen LogP contribution in [0.4, 0.5) is 5.69 Å². The van der Waals surface area contributed by atoms with Crippen LogP contribution in [-0.4, -0.2) is 70.3 Å². The molecule has 0 spiro atoms. The SMILES string of the molecule is CC(=O)N[C@@]12CN(CC(=O)Nc3ccc4nc(C)[nH]c4c3)CC[C@@H]1[C@@H](c1ccccc1)N(C)C2. The number of rotatable bonds is 5. The van der Waals surface area contributed by atoms with Crippen LogP contribution in [0.5, 0.6) is 0 Å². The Morgan fingerprint density at radius 1 is 1.18 bits per heavy atom. The number of hydrogen-bond donors (Lipinski definition) is 3. The standard InChI is InChI=1S/C26H32N6O2/c1-17-27-22-10-9-20(13-23(22)28-17)29-24(34)14-32-12-11-21-25(19-7-5-4-6-8-19)31(3)15-26(21,16-32)30-18(2)33/h4-10,13,21,25H,11-12,14-16H2,1-3H3,(H,27,28)(H,29,34)(H,30,33)/t21-,25-,26+/m1/s1. The van der Waals surface area contributed by atoms with Crippen LogP contribution in [0, 0.1) is 12.8 Å². The quantitative estimate of drug-likeness (QED) is 0.544. The van der Waals surface area contributed by atoms with Gasteiger partial charge in [0.2, 0.25) is 11.8 Å². The zero-order valence-corrected chi connectivity index (χ0v) is 20.0. The molecule has 0 radical (unpaired) electrons. The Morgan fingerprint density at radius 3 is 2.74 bits per heavy atom. The molecule has 2 fully saturated rings. The molecule has 0 saturated carbocycles. The number of nitrogens with zero attached hydrogens (tertiary/aromatic N) is 3. The highest BCUT2D eigenvalue weighted by atomic mass is 16.2. The predicted molar refractivity (Wildman–Crippen MR) is 132 cm³/mol. The number of piperidine rings is 1. The van der Waals surface area contributed by atoms with E-state index in [9.17, 15) is 9.59 Å². The molecule has 2 aromatic carbocycles. The second kappa shape index (κ2) is 8.85. The summed E-state index contributed by atoms with van der Waals surface area (Å²) in [6, 6.07) is 16.5. The predicted octanol–water partition coefficient (Wildman–Crippen LogP) is 2.69. The number of aromatic nitrogens is 2. The van der Waals surface area contributed by atoms with Crippen molar-refractivity contribution in [2.24, 2.45) is 5.92 Å². The Hall–Kier alpha value is -3.23. The zero-order chi connectivity index (χ0) is 23.9. The third-order valence-corrected chi connectivity index (χ3v) is 7.18. The third-order valence-electron chi connectivity index (χ3n) is 7.18. The lowest BCUT2D eigenvalue weighted by molar-refractivity contribution is -0.122. The summed E-state index contributed by atoms with van der Waals surface area (Å²) in [5, 5.41) is 6.32. The van der Waals surface area contributed by atoms with Gasteiger partial charge in [0.1, 0.15) is 5.82 Å². The summed E-state index contributed by atoms with van der Waals surface area (Å²) in [6.45, 7) is 6.00. The van der Waals surface area contributed by atoms with Crippen molar-refractivity contribution in [2.75, 3.05) is 38.5 Å². The fourth-order valence-electron chi connectivity index (χ4n) is 6.08. The topological polar surface area (TPSA) is 93.4 Å². The Labute approximate surface area is 199 Å². The maximum absolute atomic E-state index is 12.9. The molecule has 1 aromatic heterocycles. The normalized spacial score (nSPS) is 25.3. The van der Waals surface area contributed by atoms with E-state index in [-0.39, 0.29) is 35.9 Å². The number of hydrogen-bond acceptors (Lipinski definition) is 5. The molecule has 0 unspecified atom stereocenters. The minimum atomic E-state index is -0.383. The summed E-state index contributed by atoms with van der Waals surface area (Å²) >= 11 is 0. The molecule has 8 heteroatoms. The van der Waals surface area contributed by atoms with E-state index >= 15 is 0 Å². The number of aryl methyl sites for hydroxylation is 1. The van der Waals surface area contributed by atoms with Crippen LogP contribution in [0.25, 0.3) is 11.0 Å². The lowest BCUT2D eigenvalue weighted by atomic mass is 9.75. The first-order valence-electron chi connectivity index (χ1n) is 11.9. The molecule has 2 aliphatic rings. The number of likely N-dealkylation sites (tertiary alicyclic amines) is 2. The number of carbonyl (C=O) groups is 2. The number of aromatic amines is 1. The molecular weight excluding hydrogens is 428 g/mol. The third kappa shape index (κ3) is 4.31. The van der Waals surface area contributed by atoms with E-state index in [0.717, 1.165) is 42.1 Å². The molecule has 3 N–H and O–H groups in total. The molecule has 0 bridgehead atoms. The first kappa shape index (κ1) is 22.6. The maximum Gasteiger partial charge on any atom is 0.238 e. The van der Waals surface area contributed by atoms with E-state index in [1.807, 2.05) is 31.2 Å². The van der Waals surface area contributed by atoms with Gasteiger partial charge in [-0.2, -0.15) is 0 Å². The molecule has 178 valence electrons. The number of likely N-dealkylation sites (N-methyl/N-ethyl adjacent to an activating group) is 1. The van der Waals surface area contributed by atoms with Gasteiger partial charge in [0.05, 0.1) is 23.1 Å². The number of amides is 2. The average molecular weight is 461 g/mol. The van der Waals surface area contributed by atoms with E-state index < -0.39 is 0 Å². The Balaban J connectivity index is 1.31. The molecule has 2 aliphatic heterocycles. The minimum Gasteiger partial charge on any atom is -0.348 e. The van der Waals surface area contributed by atoms with Gasteiger partial charge in [-0.05, 0) is 50.7 Å². The van der Waals surface area contributed by atoms with Gasteiger partial charge in [-0.1, -0.05) is 30.3 Å². The number of fused-ring (bicyclic) bond motifs is 2. The first-order valence-corrected chi connectivity index (χ1v) is 11.9. The zero-order valence-electron chi connectivity index (χ0n) is 20.0. The molecule has 0 aliphatic carbocycles. The summed E-state index contributed by atoms with van der Waals surface area (Å²) in [5.41, 5.74) is 3.43. The first-order chi connectivity index (χ1) is 16.3. The van der Waals surface area contributed by atoms with Crippen molar-refractivity contribution in [1.29, 1.82) is 0 Å². The highest BCUT2D eigenvalue weighted by Gasteiger charge is 2.54. The molecule has 2 saturated heterocycles. The summed E-state index contributed by atoms with van der Waals surface area (Å²) in [5.74, 6) is 1.05. The van der Waals surface area contributed by atoms with Gasteiger partial charge in [0.15, 0.2) is 0 Å². The molecule has 2 amide bonds. The van der Waals surface area contributed by atoms with E-state index in [1.54, 1.807) is 6.92 Å². The second-order valence-electron chi connectivity index (χ2n) is 9.82. The summed E-state index contributed by atoms with van der Waals surface area (Å²) in [4.78, 5) is 37.3. The highest BCUT2D eigenvalue weighted by molar-refractivity contribution is 5.94. The summed E-state index contributed by atoms with van der Waals surface area (Å²) in [7, 11) is 2.13. The van der Waals surface area contributed by atoms with Crippen LogP contribution >= 0.6 is 0 Å². The molecule has 8 nitrogen and oxygen atoms in total. The summed E-state index contributed by atoms with van der Waals surface area (Å²) < 4.78 is 0. The highest BCUT2D eigenvalue weighted by Crippen LogP contribution is 2.46. The van der Waals surface area contributed by atoms with Gasteiger partial charge < -0.3 is 15.6 Å². The van der Waals surface area contributed by atoms with Crippen molar-refractivity contribution in [2.45, 2.75) is 31.8 Å². The fourth-order valence-corrected chi connectivity index (χ4v) is 6.08. The van der Waals surface area contributed by atoms with Gasteiger partial charge in [-0.3, -0.25) is 19.4 Å². The van der Waals surface area contributed by atoms with E-state index in [2.05, 4.69) is 61.7 Å². The van der Waals surface area contributed by atoms with Gasteiger partial charge in [-0.15, -0.1) is 0 Å². The van der Waals surface area contributed by atoms with Crippen molar-refractivity contribution < 1.29 is 9.59 Å². The smallest absolute Gasteiger partial charge is 0.238 e. The molecule has 5 rings (SSSR count). The number of nitrogens with one attached hydrogen (secondary N) is 3. The van der Waals surface area contributed by atoms with Crippen molar-refractivity contribution >= 4 is 28.5 Å². The van der Waals surface area contributed by atoms with Crippen LogP contribution in [0.2, 0.25) is 0 Å². The molecular formula is C26H32N6O2. The van der Waals surface area contributed by atoms with Crippen molar-refractivity contribution in [3.8, 4) is 0 Å². The van der Waals surface area contributed by atoms with Gasteiger partial charge >= 0.3 is 0 Å². The number of anilines is 1. The van der Waals surface area contributed by atoms with Crippen molar-refractivity contribution in [1.82, 2.24) is 25.1 Å². The lowest BCUT2D eigenvalue weighted by Gasteiger charge is -2.45. The Morgan fingerprint density at radius 2 is 1.97 bits per heavy atom. The second-order valence-corrected chi connectivity index (χ2v) is 9.82. The Bertz CT molecular complexity index is 1210. The number of H-pyrrole nitrogens is 1. The summed E-state index contributed by atoms with van der Waals surface area (Å²) in [6.07, 6.45) is 0.914. The number of imidazole rings is 1. The van der Waals surface area contributed by atoms with Crippen LogP contribution in [0.1, 0.15) is 30.8 Å². The monoisotopic (exact) mass is 460 g/mol. The van der Waals surface area contributed by atoms with Crippen LogP contribution in [0.15, 0.2) is 48.5 Å². The van der Waals surface area contributed by atoms with Crippen LogP contribution in [-0.2, 0) is 9.59 Å². The molecule has 34 heavy (non-hydrogen) atoms. The fraction of sp³-hybridized carbons (Fsp3) is 0.423. The van der Waals surface area contributed by atoms with E-state index in [4.69, 9.17) is 0 Å². The number of carbonyl (C=O) groups excluding carboxylic acids is 2. The lowest BCUT2D eigenvalue weighted by Crippen LogP contribution is -2.64. The molecule has 3 heterocycles. The van der Waals surface area contributed by atoms with E-state index in [0.29, 0.717) is 6.54 Å². The van der Waals surface area contributed by atoms with Crippen molar-refractivity contribution in [3.05, 3.63) is 59.9 Å². The Kier molecular flexibility index (Phi) is 5.87. The average Bonchev–Trinajstić information content (AvgIpc) is 3.28. The van der Waals surface area contributed by atoms with E-state index in [1.165, 1.54) is 5.56 Å². The van der Waals surface area contributed by atoms with Crippen LogP contribution < -0.4 is 10.6 Å². The largest absolute Gasteiger partial charge is 0.348 e. The molecule has 3 atom stereocenters. The minimum absolute atomic E-state index is 0.0263. The van der Waals surface area contributed by atoms with Gasteiger partial charge in [-0.25, -0.2) is 4.98 Å². The maximum atomic E-state index is 12.9. The molecule has 3 aromatic rings. The van der Waals surface area contributed by atoms with Gasteiger partial charge in [0, 0.05) is 37.7 Å². The van der Waals surface area contributed by atoms with Crippen LogP contribution in [0.3, 0.4) is 0 Å².